The van der Waals surface area contributed by atoms with Gasteiger partial charge >= 0.3 is 0 Å². The van der Waals surface area contributed by atoms with E-state index >= 15 is 0 Å². The molecular formula is C22H27N5O4. The summed E-state index contributed by atoms with van der Waals surface area (Å²) < 4.78 is 21.8. The van der Waals surface area contributed by atoms with Gasteiger partial charge in [0.1, 0.15) is 11.4 Å². The molecule has 0 aliphatic carbocycles. The average Bonchev–Trinajstić information content (AvgIpc) is 3.30. The Bertz CT molecular complexity index is 1010. The van der Waals surface area contributed by atoms with Gasteiger partial charge in [0.25, 0.3) is 5.89 Å². The van der Waals surface area contributed by atoms with E-state index in [9.17, 15) is 0 Å². The van der Waals surface area contributed by atoms with Crippen LogP contribution in [0.1, 0.15) is 35.8 Å². The highest BCUT2D eigenvalue weighted by Gasteiger charge is 2.26. The van der Waals surface area contributed by atoms with Crippen molar-refractivity contribution in [3.63, 3.8) is 0 Å². The Labute approximate surface area is 181 Å². The highest BCUT2D eigenvalue weighted by Crippen LogP contribution is 2.36. The van der Waals surface area contributed by atoms with Crippen molar-refractivity contribution in [3.8, 4) is 28.8 Å². The first-order chi connectivity index (χ1) is 15.1. The quantitative estimate of drug-likeness (QED) is 0.565. The number of aromatic nitrogens is 4. The minimum Gasteiger partial charge on any atom is -0.496 e. The molecule has 1 fully saturated rings. The molecule has 0 atom stereocenters. The van der Waals surface area contributed by atoms with Crippen LogP contribution in [0.3, 0.4) is 0 Å². The van der Waals surface area contributed by atoms with Gasteiger partial charge in [-0.2, -0.15) is 4.98 Å². The Morgan fingerprint density at radius 1 is 0.968 bits per heavy atom. The maximum absolute atomic E-state index is 5.57. The minimum absolute atomic E-state index is 0.263. The van der Waals surface area contributed by atoms with E-state index in [-0.39, 0.29) is 5.92 Å². The number of methoxy groups -OCH3 is 3. The number of hydrogen-bond donors (Lipinski definition) is 0. The lowest BCUT2D eigenvalue weighted by molar-refractivity contribution is 0.197. The molecular weight excluding hydrogens is 398 g/mol. The minimum atomic E-state index is 0.263. The predicted molar refractivity (Wildman–Crippen MR) is 113 cm³/mol. The zero-order valence-corrected chi connectivity index (χ0v) is 18.3. The van der Waals surface area contributed by atoms with Gasteiger partial charge in [-0.15, -0.1) is 0 Å². The lowest BCUT2D eigenvalue weighted by Crippen LogP contribution is -2.32. The van der Waals surface area contributed by atoms with Crippen LogP contribution in [-0.4, -0.2) is 59.4 Å². The fourth-order valence-electron chi connectivity index (χ4n) is 3.81. The molecule has 0 saturated carbocycles. The molecule has 164 valence electrons. The molecule has 3 heterocycles. The van der Waals surface area contributed by atoms with Gasteiger partial charge in [-0.1, -0.05) is 5.16 Å². The van der Waals surface area contributed by atoms with Crippen LogP contribution < -0.4 is 14.2 Å². The van der Waals surface area contributed by atoms with E-state index in [2.05, 4.69) is 25.0 Å². The van der Waals surface area contributed by atoms with E-state index in [0.717, 1.165) is 55.3 Å². The van der Waals surface area contributed by atoms with E-state index in [4.69, 9.17) is 18.7 Å². The number of aryl methyl sites for hydroxylation is 1. The number of nitrogens with zero attached hydrogens (tertiary/aromatic N) is 5. The lowest BCUT2D eigenvalue weighted by Gasteiger charge is -2.31. The molecule has 9 heteroatoms. The highest BCUT2D eigenvalue weighted by molar-refractivity contribution is 5.50. The molecule has 0 N–H and O–H groups in total. The first-order valence-electron chi connectivity index (χ1n) is 10.2. The predicted octanol–water partition coefficient (Wildman–Crippen LogP) is 3.24. The maximum atomic E-state index is 5.57. The third-order valence-corrected chi connectivity index (χ3v) is 5.58. The second kappa shape index (κ2) is 9.30. The Morgan fingerprint density at radius 2 is 1.68 bits per heavy atom. The van der Waals surface area contributed by atoms with Crippen LogP contribution in [0.25, 0.3) is 11.6 Å². The van der Waals surface area contributed by atoms with Gasteiger partial charge in [0.05, 0.1) is 33.2 Å². The highest BCUT2D eigenvalue weighted by atomic mass is 16.5. The number of benzene rings is 1. The van der Waals surface area contributed by atoms with Crippen LogP contribution >= 0.6 is 0 Å². The van der Waals surface area contributed by atoms with Gasteiger partial charge in [0.15, 0.2) is 17.3 Å². The van der Waals surface area contributed by atoms with Crippen molar-refractivity contribution in [2.24, 2.45) is 0 Å². The Balaban J connectivity index is 1.40. The van der Waals surface area contributed by atoms with Gasteiger partial charge < -0.3 is 18.7 Å². The molecule has 0 radical (unpaired) electrons. The van der Waals surface area contributed by atoms with E-state index in [0.29, 0.717) is 23.1 Å². The summed E-state index contributed by atoms with van der Waals surface area (Å²) in [7, 11) is 4.93. The number of likely N-dealkylation sites (tertiary alicyclic amines) is 1. The van der Waals surface area contributed by atoms with E-state index in [1.54, 1.807) is 33.7 Å². The number of rotatable bonds is 7. The van der Waals surface area contributed by atoms with Crippen molar-refractivity contribution in [3.05, 3.63) is 41.6 Å². The fraction of sp³-hybridized carbons (Fsp3) is 0.455. The van der Waals surface area contributed by atoms with E-state index in [1.807, 2.05) is 19.1 Å². The lowest BCUT2D eigenvalue weighted by atomic mass is 9.95. The van der Waals surface area contributed by atoms with Gasteiger partial charge in [0.2, 0.25) is 0 Å². The molecule has 0 spiro atoms. The molecule has 0 bridgehead atoms. The van der Waals surface area contributed by atoms with Gasteiger partial charge in [0, 0.05) is 30.3 Å². The number of hydrogen-bond acceptors (Lipinski definition) is 9. The van der Waals surface area contributed by atoms with Gasteiger partial charge in [-0.05, 0) is 38.9 Å². The summed E-state index contributed by atoms with van der Waals surface area (Å²) in [4.78, 5) is 15.5. The second-order valence-electron chi connectivity index (χ2n) is 7.57. The second-order valence-corrected chi connectivity index (χ2v) is 7.57. The van der Waals surface area contributed by atoms with Crippen molar-refractivity contribution >= 4 is 0 Å². The summed E-state index contributed by atoms with van der Waals surface area (Å²) in [6.07, 6.45) is 5.26. The summed E-state index contributed by atoms with van der Waals surface area (Å²) in [5.41, 5.74) is 2.52. The third kappa shape index (κ3) is 4.61. The van der Waals surface area contributed by atoms with Crippen LogP contribution in [0.4, 0.5) is 0 Å². The van der Waals surface area contributed by atoms with E-state index in [1.165, 1.54) is 0 Å². The summed E-state index contributed by atoms with van der Waals surface area (Å²) in [6.45, 7) is 4.51. The summed E-state index contributed by atoms with van der Waals surface area (Å²) in [5, 5.41) is 4.19. The standard InChI is InChI=1S/C22H27N5O4/c1-14-11-24-17(12-23-14)22-25-21(26-31-22)15-5-7-27(8-6-15)13-16-9-19(29-3)20(30-4)10-18(16)28-2/h9-12,15H,5-8,13H2,1-4H3. The molecule has 1 aliphatic heterocycles. The summed E-state index contributed by atoms with van der Waals surface area (Å²) in [5.74, 6) is 3.57. The third-order valence-electron chi connectivity index (χ3n) is 5.58. The molecule has 2 aromatic heterocycles. The Kier molecular flexibility index (Phi) is 6.31. The van der Waals surface area contributed by atoms with Crippen LogP contribution in [-0.2, 0) is 6.54 Å². The first kappa shape index (κ1) is 21.0. The number of piperidine rings is 1. The smallest absolute Gasteiger partial charge is 0.278 e. The zero-order chi connectivity index (χ0) is 21.8. The van der Waals surface area contributed by atoms with Crippen molar-refractivity contribution in [2.75, 3.05) is 34.4 Å². The molecule has 3 aromatic rings. The van der Waals surface area contributed by atoms with Crippen molar-refractivity contribution in [2.45, 2.75) is 32.2 Å². The van der Waals surface area contributed by atoms with Gasteiger partial charge in [-0.25, -0.2) is 4.98 Å². The molecule has 31 heavy (non-hydrogen) atoms. The molecule has 0 unspecified atom stereocenters. The molecule has 0 amide bonds. The van der Waals surface area contributed by atoms with Gasteiger partial charge in [-0.3, -0.25) is 9.88 Å². The normalized spacial score (nSPS) is 15.1. The molecule has 1 aliphatic rings. The molecule has 1 saturated heterocycles. The van der Waals surface area contributed by atoms with Crippen LogP contribution in [0.5, 0.6) is 17.2 Å². The average molecular weight is 425 g/mol. The van der Waals surface area contributed by atoms with Crippen molar-refractivity contribution in [1.82, 2.24) is 25.0 Å². The Hall–Kier alpha value is -3.20. The molecule has 4 rings (SSSR count). The number of ether oxygens (including phenoxy) is 3. The fourth-order valence-corrected chi connectivity index (χ4v) is 3.81. The van der Waals surface area contributed by atoms with Crippen LogP contribution in [0.15, 0.2) is 29.0 Å². The largest absolute Gasteiger partial charge is 0.496 e. The monoisotopic (exact) mass is 425 g/mol. The Morgan fingerprint density at radius 3 is 2.32 bits per heavy atom. The van der Waals surface area contributed by atoms with Crippen LogP contribution in [0, 0.1) is 6.92 Å². The summed E-state index contributed by atoms with van der Waals surface area (Å²) >= 11 is 0. The van der Waals surface area contributed by atoms with Crippen LogP contribution in [0.2, 0.25) is 0 Å². The van der Waals surface area contributed by atoms with Crippen molar-refractivity contribution in [1.29, 1.82) is 0 Å². The molecule has 9 nitrogen and oxygen atoms in total. The topological polar surface area (TPSA) is 95.6 Å². The maximum Gasteiger partial charge on any atom is 0.278 e. The summed E-state index contributed by atoms with van der Waals surface area (Å²) in [6, 6.07) is 3.85. The SMILES string of the molecule is COc1cc(OC)c(OC)cc1CN1CCC(c2noc(-c3cnc(C)cn3)n2)CC1. The van der Waals surface area contributed by atoms with Crippen molar-refractivity contribution < 1.29 is 18.7 Å². The van der Waals surface area contributed by atoms with E-state index < -0.39 is 0 Å². The zero-order valence-electron chi connectivity index (χ0n) is 18.3. The first-order valence-corrected chi connectivity index (χ1v) is 10.2. The molecule has 1 aromatic carbocycles.